The quantitative estimate of drug-likeness (QED) is 0.563. The maximum Gasteiger partial charge on any atom is 0.0434 e. The van der Waals surface area contributed by atoms with Gasteiger partial charge in [0.25, 0.3) is 0 Å². The number of hydrogen-bond acceptors (Lipinski definition) is 2. The highest BCUT2D eigenvalue weighted by molar-refractivity contribution is 8.06. The van der Waals surface area contributed by atoms with Gasteiger partial charge in [0.05, 0.1) is 0 Å². The molecule has 0 saturated carbocycles. The monoisotopic (exact) mass is 213 g/mol. The number of nitrogens with zero attached hydrogens (tertiary/aromatic N) is 1. The van der Waals surface area contributed by atoms with Gasteiger partial charge in [0.1, 0.15) is 0 Å². The molecule has 0 saturated heterocycles. The van der Waals surface area contributed by atoms with Crippen LogP contribution in [0.5, 0.6) is 0 Å². The van der Waals surface area contributed by atoms with Crippen molar-refractivity contribution in [2.75, 3.05) is 12.8 Å². The summed E-state index contributed by atoms with van der Waals surface area (Å²) in [6.07, 6.45) is 10.4. The van der Waals surface area contributed by atoms with E-state index in [2.05, 4.69) is 4.99 Å². The maximum atomic E-state index is 12.5. The zero-order chi connectivity index (χ0) is 10.6. The summed E-state index contributed by atoms with van der Waals surface area (Å²) in [4.78, 5) is 5.19. The number of thiol groups is 1. The molecule has 0 N–H and O–H groups in total. The van der Waals surface area contributed by atoms with Crippen molar-refractivity contribution in [1.82, 2.24) is 0 Å². The second kappa shape index (κ2) is 4.69. The van der Waals surface area contributed by atoms with Gasteiger partial charge in [0, 0.05) is 18.0 Å². The highest BCUT2D eigenvalue weighted by atomic mass is 32.2. The van der Waals surface area contributed by atoms with E-state index in [4.69, 9.17) is 0 Å². The van der Waals surface area contributed by atoms with Crippen LogP contribution in [0.2, 0.25) is 0 Å². The van der Waals surface area contributed by atoms with E-state index in [9.17, 15) is 4.21 Å². The summed E-state index contributed by atoms with van der Waals surface area (Å²) in [5, 5.41) is 0.144. The molecule has 80 valence electrons. The average molecular weight is 213 g/mol. The Morgan fingerprint density at radius 2 is 2.36 bits per heavy atom. The maximum absolute atomic E-state index is 12.5. The molecule has 1 aliphatic heterocycles. The van der Waals surface area contributed by atoms with E-state index < -0.39 is 9.93 Å². The standard InChI is InChI=1S/C11H19NOS/c1-4-5-10(2)14(3,13)11-6-8-12-9-7-11/h4-6,8,10,14H,7,9H2,1-3H3. The van der Waals surface area contributed by atoms with Crippen molar-refractivity contribution in [3.05, 3.63) is 23.1 Å². The Bertz CT molecular complexity index is 328. The molecule has 0 spiro atoms. The third-order valence-electron chi connectivity index (χ3n) is 2.69. The smallest absolute Gasteiger partial charge is 0.0434 e. The minimum absolute atomic E-state index is 0.144. The van der Waals surface area contributed by atoms with Crippen LogP contribution in [-0.4, -0.2) is 28.5 Å². The average Bonchev–Trinajstić information content (AvgIpc) is 2.19. The van der Waals surface area contributed by atoms with Gasteiger partial charge in [-0.2, -0.15) is 0 Å². The van der Waals surface area contributed by atoms with Crippen LogP contribution in [0.25, 0.3) is 0 Å². The molecule has 2 nitrogen and oxygen atoms in total. The third-order valence-corrected chi connectivity index (χ3v) is 5.93. The van der Waals surface area contributed by atoms with Crippen molar-refractivity contribution in [3.63, 3.8) is 0 Å². The van der Waals surface area contributed by atoms with Gasteiger partial charge in [0.2, 0.25) is 0 Å². The molecule has 1 aliphatic rings. The van der Waals surface area contributed by atoms with Gasteiger partial charge in [-0.05, 0) is 37.5 Å². The molecule has 1 heterocycles. The van der Waals surface area contributed by atoms with Crippen molar-refractivity contribution in [3.8, 4) is 0 Å². The number of hydrogen-bond donors (Lipinski definition) is 1. The molecule has 14 heavy (non-hydrogen) atoms. The number of rotatable bonds is 3. The fraction of sp³-hybridized carbons (Fsp3) is 0.545. The van der Waals surface area contributed by atoms with Crippen molar-refractivity contribution < 1.29 is 4.21 Å². The molecule has 0 aromatic rings. The fourth-order valence-corrected chi connectivity index (χ4v) is 3.48. The Kier molecular flexibility index (Phi) is 3.81. The SMILES string of the molecule is CC=CC(C)[SH](C)(=O)C1=CC=NCC1. The molecule has 1 rings (SSSR count). The van der Waals surface area contributed by atoms with Gasteiger partial charge in [-0.1, -0.05) is 22.1 Å². The van der Waals surface area contributed by atoms with Crippen LogP contribution in [0.15, 0.2) is 28.1 Å². The van der Waals surface area contributed by atoms with Crippen LogP contribution in [0.1, 0.15) is 20.3 Å². The summed E-state index contributed by atoms with van der Waals surface area (Å²) < 4.78 is 12.5. The van der Waals surface area contributed by atoms with Crippen molar-refractivity contribution in [1.29, 1.82) is 0 Å². The molecule has 0 radical (unpaired) electrons. The molecule has 3 heteroatoms. The summed E-state index contributed by atoms with van der Waals surface area (Å²) in [7, 11) is -2.19. The second-order valence-electron chi connectivity index (χ2n) is 3.72. The van der Waals surface area contributed by atoms with E-state index in [0.717, 1.165) is 17.9 Å². The van der Waals surface area contributed by atoms with Crippen LogP contribution >= 0.6 is 0 Å². The molecule has 0 amide bonds. The van der Waals surface area contributed by atoms with Crippen molar-refractivity contribution >= 4 is 16.1 Å². The Hall–Kier alpha value is -0.700. The third kappa shape index (κ3) is 2.41. The molecule has 1 unspecified atom stereocenters. The first kappa shape index (κ1) is 11.4. The summed E-state index contributed by atoms with van der Waals surface area (Å²) >= 11 is 0. The Morgan fingerprint density at radius 1 is 1.64 bits per heavy atom. The second-order valence-corrected chi connectivity index (χ2v) is 7.09. The predicted octanol–water partition coefficient (Wildman–Crippen LogP) is 1.96. The minimum Gasteiger partial charge on any atom is -0.293 e. The van der Waals surface area contributed by atoms with Gasteiger partial charge in [0.15, 0.2) is 0 Å². The van der Waals surface area contributed by atoms with E-state index in [1.807, 2.05) is 38.3 Å². The number of allylic oxidation sites excluding steroid dienone is 2. The first-order chi connectivity index (χ1) is 6.59. The minimum atomic E-state index is -2.19. The molecule has 0 fully saturated rings. The zero-order valence-electron chi connectivity index (χ0n) is 9.10. The highest BCUT2D eigenvalue weighted by Gasteiger charge is 2.20. The topological polar surface area (TPSA) is 29.4 Å². The molecule has 1 atom stereocenters. The van der Waals surface area contributed by atoms with E-state index in [0.29, 0.717) is 0 Å². The fourth-order valence-electron chi connectivity index (χ4n) is 1.55. The summed E-state index contributed by atoms with van der Waals surface area (Å²) in [5.41, 5.74) is 0. The summed E-state index contributed by atoms with van der Waals surface area (Å²) in [5.74, 6) is 0. The van der Waals surface area contributed by atoms with E-state index in [1.54, 1.807) is 6.21 Å². The molecule has 0 aliphatic carbocycles. The lowest BCUT2D eigenvalue weighted by Crippen LogP contribution is -2.26. The lowest BCUT2D eigenvalue weighted by atomic mass is 10.3. The normalized spacial score (nSPS) is 20.9. The molecule has 0 bridgehead atoms. The van der Waals surface area contributed by atoms with Gasteiger partial charge < -0.3 is 0 Å². The van der Waals surface area contributed by atoms with Gasteiger partial charge >= 0.3 is 0 Å². The zero-order valence-corrected chi connectivity index (χ0v) is 10.00. The van der Waals surface area contributed by atoms with Crippen LogP contribution in [-0.2, 0) is 9.93 Å². The lowest BCUT2D eigenvalue weighted by Gasteiger charge is -2.27. The van der Waals surface area contributed by atoms with E-state index >= 15 is 0 Å². The first-order valence-electron chi connectivity index (χ1n) is 4.98. The van der Waals surface area contributed by atoms with Gasteiger partial charge in [-0.25, -0.2) is 0 Å². The van der Waals surface area contributed by atoms with Crippen molar-refractivity contribution in [2.45, 2.75) is 25.5 Å². The number of dihydropyridines is 1. The van der Waals surface area contributed by atoms with Gasteiger partial charge in [-0.15, -0.1) is 0 Å². The Labute approximate surface area is 87.2 Å². The van der Waals surface area contributed by atoms with Crippen LogP contribution in [0.3, 0.4) is 0 Å². The first-order valence-corrected chi connectivity index (χ1v) is 7.21. The largest absolute Gasteiger partial charge is 0.293 e. The predicted molar refractivity (Wildman–Crippen MR) is 65.8 cm³/mol. The van der Waals surface area contributed by atoms with Crippen LogP contribution in [0, 0.1) is 0 Å². The van der Waals surface area contributed by atoms with E-state index in [1.165, 1.54) is 0 Å². The molecular weight excluding hydrogens is 194 g/mol. The summed E-state index contributed by atoms with van der Waals surface area (Å²) in [6.45, 7) is 4.77. The van der Waals surface area contributed by atoms with Crippen LogP contribution in [0.4, 0.5) is 0 Å². The van der Waals surface area contributed by atoms with Crippen LogP contribution < -0.4 is 0 Å². The van der Waals surface area contributed by atoms with Gasteiger partial charge in [-0.3, -0.25) is 9.20 Å². The number of aliphatic imine (C=N–C) groups is 1. The van der Waals surface area contributed by atoms with Crippen molar-refractivity contribution in [2.24, 2.45) is 4.99 Å². The Balaban J connectivity index is 2.88. The molecular formula is C11H19NOS. The Morgan fingerprint density at radius 3 is 2.86 bits per heavy atom. The summed E-state index contributed by atoms with van der Waals surface area (Å²) in [6, 6.07) is 0. The lowest BCUT2D eigenvalue weighted by molar-refractivity contribution is 0.673. The van der Waals surface area contributed by atoms with E-state index in [-0.39, 0.29) is 5.25 Å². The molecule has 0 aromatic heterocycles. The molecule has 0 aromatic carbocycles. The highest BCUT2D eigenvalue weighted by Crippen LogP contribution is 2.24.